The van der Waals surface area contributed by atoms with Crippen LogP contribution in [0.3, 0.4) is 0 Å². The molecule has 0 bridgehead atoms. The predicted molar refractivity (Wildman–Crippen MR) is 457 cm³/mol. The fraction of sp³-hybridized carbons (Fsp3) is 0.0280. The van der Waals surface area contributed by atoms with Crippen LogP contribution in [0.2, 0.25) is 0 Å². The van der Waals surface area contributed by atoms with E-state index >= 15 is 0 Å². The number of para-hydroxylation sites is 9. The average Bonchev–Trinajstić information content (AvgIpc) is 0.694. The number of hydrogen-bond acceptors (Lipinski definition) is 3. The SMILES string of the molecule is c1ccc(N2c3ccccc3C(c3ccccc3)(c3cccc(-c4cccc5c(-c6cccc(C7(c8ccccc8)c8ccccc8N(c8ccccc8)c8ccccc87)c6)c6cccc(-c7cccc(C8(c9ccccc9)c9ccccc9N(c9ccccc9)c9ccccc98)c7)c6cc45)c3)c3ccccc32)cc1. The smallest absolute Gasteiger partial charge is 0.0742 e. The van der Waals surface area contributed by atoms with Gasteiger partial charge in [-0.1, -0.05) is 346 Å². The molecular formula is C107H73N3. The van der Waals surface area contributed by atoms with E-state index in [1.807, 2.05) is 0 Å². The van der Waals surface area contributed by atoms with Gasteiger partial charge in [0.1, 0.15) is 0 Å². The molecule has 0 aliphatic carbocycles. The average molecular weight is 1400 g/mol. The third kappa shape index (κ3) is 9.64. The molecule has 0 spiro atoms. The molecule has 0 N–H and O–H groups in total. The Labute approximate surface area is 642 Å². The maximum Gasteiger partial charge on any atom is 0.0742 e. The lowest BCUT2D eigenvalue weighted by Gasteiger charge is -2.46. The lowest BCUT2D eigenvalue weighted by molar-refractivity contribution is 0.731. The molecule has 3 nitrogen and oxygen atoms in total. The van der Waals surface area contributed by atoms with E-state index < -0.39 is 16.2 Å². The Balaban J connectivity index is 0.830. The molecule has 0 atom stereocenters. The molecule has 3 heterocycles. The fourth-order valence-electron chi connectivity index (χ4n) is 19.5. The monoisotopic (exact) mass is 1400 g/mol. The Hall–Kier alpha value is -14.1. The van der Waals surface area contributed by atoms with Gasteiger partial charge in [-0.05, 0) is 219 Å². The Morgan fingerprint density at radius 2 is 0.382 bits per heavy atom. The molecule has 18 aromatic carbocycles. The van der Waals surface area contributed by atoms with E-state index in [9.17, 15) is 0 Å². The van der Waals surface area contributed by atoms with Crippen molar-refractivity contribution in [2.24, 2.45) is 0 Å². The molecule has 0 amide bonds. The Bertz CT molecular complexity index is 6130. The second kappa shape index (κ2) is 26.1. The first-order valence-corrected chi connectivity index (χ1v) is 38.2. The normalized spacial score (nSPS) is 14.0. The summed E-state index contributed by atoms with van der Waals surface area (Å²) in [5.74, 6) is 0. The standard InChI is InChI=1S/C107H73N3/c1-7-39-77(40-8-1)105(92-58-19-25-64-98(92)108(83-48-13-4-14-49-83)99-65-26-20-59-93(99)105)80-45-31-36-74(70-80)86-54-34-56-88-90(86)73-91-87(75-37-32-46-81(71-75)106(78-41-9-2-10-42-78)94-60-21-27-66-100(94)109(84-50-15-5-16-51-84)101-67-28-22-61-95(101)106)55-35-57-89(91)104(88)76-38-33-47-82(72-76)107(79-43-11-3-12-44-79)96-62-23-29-68-102(96)110(85-52-17-6-18-53-85)103-69-30-24-63-97(103)107/h1-73H. The highest BCUT2D eigenvalue weighted by Crippen LogP contribution is 2.62. The van der Waals surface area contributed by atoms with E-state index in [0.717, 1.165) is 89.8 Å². The predicted octanol–water partition coefficient (Wildman–Crippen LogP) is 27.5. The van der Waals surface area contributed by atoms with Crippen LogP contribution in [0.15, 0.2) is 443 Å². The topological polar surface area (TPSA) is 9.72 Å². The molecule has 0 fully saturated rings. The molecule has 0 unspecified atom stereocenters. The zero-order valence-electron chi connectivity index (χ0n) is 60.5. The van der Waals surface area contributed by atoms with E-state index in [1.165, 1.54) is 83.1 Å². The maximum atomic E-state index is 2.54. The van der Waals surface area contributed by atoms with Crippen LogP contribution in [0.1, 0.15) is 66.8 Å². The van der Waals surface area contributed by atoms with Crippen molar-refractivity contribution in [3.63, 3.8) is 0 Å². The Morgan fingerprint density at radius 3 is 0.673 bits per heavy atom. The van der Waals surface area contributed by atoms with Gasteiger partial charge in [-0.15, -0.1) is 0 Å². The van der Waals surface area contributed by atoms with Crippen LogP contribution in [0.5, 0.6) is 0 Å². The van der Waals surface area contributed by atoms with Crippen LogP contribution < -0.4 is 14.7 Å². The van der Waals surface area contributed by atoms with Crippen LogP contribution >= 0.6 is 0 Å². The second-order valence-corrected chi connectivity index (χ2v) is 29.3. The fourth-order valence-corrected chi connectivity index (χ4v) is 19.5. The quantitative estimate of drug-likeness (QED) is 0.113. The number of hydrogen-bond donors (Lipinski definition) is 0. The van der Waals surface area contributed by atoms with Gasteiger partial charge in [0.25, 0.3) is 0 Å². The number of anilines is 9. The number of nitrogens with zero attached hydrogens (tertiary/aromatic N) is 3. The van der Waals surface area contributed by atoms with E-state index in [-0.39, 0.29) is 0 Å². The molecule has 0 radical (unpaired) electrons. The summed E-state index contributed by atoms with van der Waals surface area (Å²) in [6.07, 6.45) is 0. The first-order valence-electron chi connectivity index (χ1n) is 38.2. The highest BCUT2D eigenvalue weighted by molar-refractivity contribution is 6.19. The van der Waals surface area contributed by atoms with E-state index in [4.69, 9.17) is 0 Å². The minimum atomic E-state index is -0.750. The van der Waals surface area contributed by atoms with Crippen molar-refractivity contribution >= 4 is 72.7 Å². The molecule has 0 saturated carbocycles. The van der Waals surface area contributed by atoms with Gasteiger partial charge in [-0.25, -0.2) is 0 Å². The maximum absolute atomic E-state index is 2.54. The molecule has 0 saturated heterocycles. The highest BCUT2D eigenvalue weighted by atomic mass is 15.2. The zero-order chi connectivity index (χ0) is 72.7. The van der Waals surface area contributed by atoms with Gasteiger partial charge in [0.15, 0.2) is 0 Å². The summed E-state index contributed by atoms with van der Waals surface area (Å²) < 4.78 is 0. The molecule has 3 heteroatoms. The third-order valence-corrected chi connectivity index (χ3v) is 23.8. The van der Waals surface area contributed by atoms with Gasteiger partial charge >= 0.3 is 0 Å². The lowest BCUT2D eigenvalue weighted by atomic mass is 9.62. The van der Waals surface area contributed by atoms with Crippen molar-refractivity contribution in [1.29, 1.82) is 0 Å². The first-order chi connectivity index (χ1) is 54.6. The molecular weight excluding hydrogens is 1330 g/mol. The van der Waals surface area contributed by atoms with Crippen LogP contribution in [0, 0.1) is 0 Å². The minimum Gasteiger partial charge on any atom is -0.310 e. The van der Waals surface area contributed by atoms with Gasteiger partial charge in [-0.3, -0.25) is 0 Å². The lowest BCUT2D eigenvalue weighted by Crippen LogP contribution is -2.37. The minimum absolute atomic E-state index is 0.726. The molecule has 21 rings (SSSR count). The molecule has 3 aliphatic rings. The van der Waals surface area contributed by atoms with Gasteiger partial charge in [0, 0.05) is 17.1 Å². The molecule has 3 aliphatic heterocycles. The van der Waals surface area contributed by atoms with Crippen molar-refractivity contribution < 1.29 is 0 Å². The van der Waals surface area contributed by atoms with Gasteiger partial charge < -0.3 is 14.7 Å². The van der Waals surface area contributed by atoms with Crippen LogP contribution in [0.25, 0.3) is 54.9 Å². The second-order valence-electron chi connectivity index (χ2n) is 29.3. The summed E-state index contributed by atoms with van der Waals surface area (Å²) in [5, 5.41) is 4.67. The van der Waals surface area contributed by atoms with Crippen molar-refractivity contribution in [2.45, 2.75) is 16.2 Å². The number of rotatable bonds is 12. The summed E-state index contributed by atoms with van der Waals surface area (Å²) in [7, 11) is 0. The van der Waals surface area contributed by atoms with Crippen LogP contribution in [0.4, 0.5) is 51.2 Å². The van der Waals surface area contributed by atoms with Gasteiger partial charge in [-0.2, -0.15) is 0 Å². The largest absolute Gasteiger partial charge is 0.310 e. The molecule has 110 heavy (non-hydrogen) atoms. The first kappa shape index (κ1) is 64.3. The molecule has 18 aromatic rings. The van der Waals surface area contributed by atoms with Crippen molar-refractivity contribution in [1.82, 2.24) is 0 Å². The van der Waals surface area contributed by atoms with Crippen molar-refractivity contribution in [2.75, 3.05) is 14.7 Å². The van der Waals surface area contributed by atoms with Crippen molar-refractivity contribution in [3.8, 4) is 33.4 Å². The summed E-state index contributed by atoms with van der Waals surface area (Å²) >= 11 is 0. The van der Waals surface area contributed by atoms with E-state index in [2.05, 4.69) is 458 Å². The van der Waals surface area contributed by atoms with Crippen LogP contribution in [-0.4, -0.2) is 0 Å². The van der Waals surface area contributed by atoms with Gasteiger partial charge in [0.2, 0.25) is 0 Å². The summed E-state index contributed by atoms with van der Waals surface area (Å²) in [6, 6.07) is 166. The molecule has 516 valence electrons. The number of fused-ring (bicyclic) bond motifs is 8. The van der Waals surface area contributed by atoms with Gasteiger partial charge in [0.05, 0.1) is 50.4 Å². The van der Waals surface area contributed by atoms with Crippen molar-refractivity contribution in [3.05, 3.63) is 510 Å². The summed E-state index contributed by atoms with van der Waals surface area (Å²) in [4.78, 5) is 7.37. The van der Waals surface area contributed by atoms with E-state index in [1.54, 1.807) is 0 Å². The third-order valence-electron chi connectivity index (χ3n) is 23.8. The zero-order valence-corrected chi connectivity index (χ0v) is 60.5. The Kier molecular flexibility index (Phi) is 15.3. The highest BCUT2D eigenvalue weighted by Gasteiger charge is 2.50. The number of benzene rings is 18. The summed E-state index contributed by atoms with van der Waals surface area (Å²) in [6.45, 7) is 0. The summed E-state index contributed by atoms with van der Waals surface area (Å²) in [5.41, 5.74) is 29.4. The Morgan fingerprint density at radius 1 is 0.155 bits per heavy atom. The van der Waals surface area contributed by atoms with Crippen LogP contribution in [-0.2, 0) is 16.2 Å². The van der Waals surface area contributed by atoms with E-state index in [0.29, 0.717) is 0 Å². The molecule has 0 aromatic heterocycles.